The molecule has 0 aliphatic heterocycles. The van der Waals surface area contributed by atoms with Crippen LogP contribution < -0.4 is 16.0 Å². The Morgan fingerprint density at radius 2 is 2.19 bits per heavy atom. The van der Waals surface area contributed by atoms with Gasteiger partial charge >= 0.3 is 0 Å². The standard InChI is InChI=1S/C10H12BrClN2O2/c1-10(2,9(15)14-13)16-8-4-3-6(12)5-7(8)11/h3-5H,13H2,1-2H3,(H,14,15). The van der Waals surface area contributed by atoms with Crippen molar-refractivity contribution in [1.29, 1.82) is 0 Å². The first kappa shape index (κ1) is 13.3. The Balaban J connectivity index is 2.92. The summed E-state index contributed by atoms with van der Waals surface area (Å²) in [6.07, 6.45) is 0. The molecule has 0 aliphatic carbocycles. The minimum Gasteiger partial charge on any atom is -0.477 e. The number of hydrogen-bond donors (Lipinski definition) is 2. The SMILES string of the molecule is CC(C)(Oc1ccc(Cl)cc1Br)C(=O)NN. The lowest BCUT2D eigenvalue weighted by atomic mass is 10.1. The monoisotopic (exact) mass is 306 g/mol. The van der Waals surface area contributed by atoms with Crippen LogP contribution in [0.4, 0.5) is 0 Å². The molecule has 0 atom stereocenters. The molecule has 0 spiro atoms. The number of amides is 1. The highest BCUT2D eigenvalue weighted by atomic mass is 79.9. The van der Waals surface area contributed by atoms with Gasteiger partial charge in [0.15, 0.2) is 5.60 Å². The second kappa shape index (κ2) is 5.03. The van der Waals surface area contributed by atoms with Gasteiger partial charge in [0.05, 0.1) is 4.47 Å². The Kier molecular flexibility index (Phi) is 4.18. The zero-order chi connectivity index (χ0) is 12.3. The average Bonchev–Trinajstić information content (AvgIpc) is 2.21. The van der Waals surface area contributed by atoms with E-state index in [9.17, 15) is 4.79 Å². The van der Waals surface area contributed by atoms with E-state index in [-0.39, 0.29) is 0 Å². The molecule has 6 heteroatoms. The lowest BCUT2D eigenvalue weighted by Crippen LogP contribution is -2.49. The molecule has 1 aromatic rings. The van der Waals surface area contributed by atoms with E-state index in [1.807, 2.05) is 0 Å². The van der Waals surface area contributed by atoms with Crippen molar-refractivity contribution in [3.8, 4) is 5.75 Å². The summed E-state index contributed by atoms with van der Waals surface area (Å²) in [6, 6.07) is 5.05. The van der Waals surface area contributed by atoms with Gasteiger partial charge in [0, 0.05) is 5.02 Å². The number of benzene rings is 1. The molecule has 0 fully saturated rings. The van der Waals surface area contributed by atoms with Crippen LogP contribution in [-0.2, 0) is 4.79 Å². The quantitative estimate of drug-likeness (QED) is 0.511. The van der Waals surface area contributed by atoms with Crippen molar-refractivity contribution >= 4 is 33.4 Å². The van der Waals surface area contributed by atoms with Crippen molar-refractivity contribution < 1.29 is 9.53 Å². The summed E-state index contributed by atoms with van der Waals surface area (Å²) >= 11 is 9.09. The van der Waals surface area contributed by atoms with Gasteiger partial charge in [0.1, 0.15) is 5.75 Å². The van der Waals surface area contributed by atoms with Crippen LogP contribution in [0.2, 0.25) is 5.02 Å². The topological polar surface area (TPSA) is 64.3 Å². The number of rotatable bonds is 3. The molecule has 0 saturated carbocycles. The van der Waals surface area contributed by atoms with E-state index in [1.165, 1.54) is 0 Å². The molecule has 1 amide bonds. The Morgan fingerprint density at radius 1 is 1.56 bits per heavy atom. The molecule has 0 bridgehead atoms. The van der Waals surface area contributed by atoms with Crippen LogP contribution in [0.25, 0.3) is 0 Å². The third-order valence-electron chi connectivity index (χ3n) is 1.94. The lowest BCUT2D eigenvalue weighted by Gasteiger charge is -2.24. The minimum atomic E-state index is -1.05. The van der Waals surface area contributed by atoms with Gasteiger partial charge in [0.2, 0.25) is 0 Å². The highest BCUT2D eigenvalue weighted by Gasteiger charge is 2.29. The molecule has 0 aliphatic rings. The van der Waals surface area contributed by atoms with E-state index in [1.54, 1.807) is 32.0 Å². The maximum absolute atomic E-state index is 11.4. The average molecular weight is 308 g/mol. The number of nitrogens with two attached hydrogens (primary N) is 1. The summed E-state index contributed by atoms with van der Waals surface area (Å²) in [5.41, 5.74) is 1.00. The normalized spacial score (nSPS) is 11.1. The largest absolute Gasteiger partial charge is 0.477 e. The highest BCUT2D eigenvalue weighted by molar-refractivity contribution is 9.10. The van der Waals surface area contributed by atoms with Crippen molar-refractivity contribution in [3.05, 3.63) is 27.7 Å². The van der Waals surface area contributed by atoms with Gasteiger partial charge in [-0.3, -0.25) is 10.2 Å². The van der Waals surface area contributed by atoms with Crippen LogP contribution in [0.15, 0.2) is 22.7 Å². The van der Waals surface area contributed by atoms with Crippen LogP contribution in [0.5, 0.6) is 5.75 Å². The Hall–Kier alpha value is -0.780. The Labute approximate surface area is 107 Å². The van der Waals surface area contributed by atoms with Crippen molar-refractivity contribution in [2.75, 3.05) is 0 Å². The fraction of sp³-hybridized carbons (Fsp3) is 0.300. The van der Waals surface area contributed by atoms with E-state index in [0.29, 0.717) is 15.2 Å². The second-order valence-corrected chi connectivity index (χ2v) is 4.95. The summed E-state index contributed by atoms with van der Waals surface area (Å²) in [7, 11) is 0. The lowest BCUT2D eigenvalue weighted by molar-refractivity contribution is -0.134. The van der Waals surface area contributed by atoms with Gasteiger partial charge in [-0.25, -0.2) is 5.84 Å². The van der Waals surface area contributed by atoms with E-state index in [4.69, 9.17) is 22.2 Å². The molecule has 3 N–H and O–H groups in total. The van der Waals surface area contributed by atoms with E-state index in [2.05, 4.69) is 21.4 Å². The van der Waals surface area contributed by atoms with E-state index >= 15 is 0 Å². The predicted molar refractivity (Wildman–Crippen MR) is 66.2 cm³/mol. The third kappa shape index (κ3) is 3.10. The van der Waals surface area contributed by atoms with Gasteiger partial charge in [0.25, 0.3) is 5.91 Å². The molecule has 1 aromatic carbocycles. The first-order chi connectivity index (χ1) is 7.36. The maximum atomic E-state index is 11.4. The molecule has 0 unspecified atom stereocenters. The van der Waals surface area contributed by atoms with Crippen LogP contribution in [-0.4, -0.2) is 11.5 Å². The number of nitrogens with one attached hydrogen (secondary N) is 1. The molecule has 0 heterocycles. The van der Waals surface area contributed by atoms with Crippen LogP contribution in [0, 0.1) is 0 Å². The van der Waals surface area contributed by atoms with Gasteiger partial charge in [-0.05, 0) is 48.0 Å². The van der Waals surface area contributed by atoms with Crippen LogP contribution in [0.3, 0.4) is 0 Å². The molecular formula is C10H12BrClN2O2. The molecule has 1 rings (SSSR count). The van der Waals surface area contributed by atoms with Crippen molar-refractivity contribution in [2.24, 2.45) is 5.84 Å². The van der Waals surface area contributed by atoms with Gasteiger partial charge < -0.3 is 4.74 Å². The first-order valence-corrected chi connectivity index (χ1v) is 5.69. The summed E-state index contributed by atoms with van der Waals surface area (Å²) in [5.74, 6) is 5.18. The van der Waals surface area contributed by atoms with E-state index < -0.39 is 11.5 Å². The summed E-state index contributed by atoms with van der Waals surface area (Å²) < 4.78 is 6.22. The summed E-state index contributed by atoms with van der Waals surface area (Å²) in [5, 5.41) is 0.584. The zero-order valence-electron chi connectivity index (χ0n) is 8.88. The smallest absolute Gasteiger partial charge is 0.277 e. The molecule has 0 saturated heterocycles. The van der Waals surface area contributed by atoms with Gasteiger partial charge in [-0.2, -0.15) is 0 Å². The Bertz CT molecular complexity index is 410. The zero-order valence-corrected chi connectivity index (χ0v) is 11.2. The molecule has 0 aromatic heterocycles. The van der Waals surface area contributed by atoms with Gasteiger partial charge in [-0.15, -0.1) is 0 Å². The fourth-order valence-electron chi connectivity index (χ4n) is 1.05. The summed E-state index contributed by atoms with van der Waals surface area (Å²) in [4.78, 5) is 11.4. The van der Waals surface area contributed by atoms with Crippen molar-refractivity contribution in [2.45, 2.75) is 19.4 Å². The second-order valence-electron chi connectivity index (χ2n) is 3.66. The highest BCUT2D eigenvalue weighted by Crippen LogP contribution is 2.30. The Morgan fingerprint density at radius 3 is 2.69 bits per heavy atom. The number of hydrogen-bond acceptors (Lipinski definition) is 3. The van der Waals surface area contributed by atoms with E-state index in [0.717, 1.165) is 0 Å². The first-order valence-electron chi connectivity index (χ1n) is 4.52. The van der Waals surface area contributed by atoms with Crippen LogP contribution >= 0.6 is 27.5 Å². The maximum Gasteiger partial charge on any atom is 0.277 e. The number of carbonyl (C=O) groups excluding carboxylic acids is 1. The molecule has 0 radical (unpaired) electrons. The fourth-order valence-corrected chi connectivity index (χ4v) is 1.82. The minimum absolute atomic E-state index is 0.408. The molecule has 88 valence electrons. The molecular weight excluding hydrogens is 295 g/mol. The predicted octanol–water partition coefficient (Wildman–Crippen LogP) is 2.25. The third-order valence-corrected chi connectivity index (χ3v) is 2.79. The number of halogens is 2. The van der Waals surface area contributed by atoms with Crippen molar-refractivity contribution in [1.82, 2.24) is 5.43 Å². The number of hydrazine groups is 1. The van der Waals surface area contributed by atoms with Crippen LogP contribution in [0.1, 0.15) is 13.8 Å². The molecule has 16 heavy (non-hydrogen) atoms. The van der Waals surface area contributed by atoms with Gasteiger partial charge in [-0.1, -0.05) is 11.6 Å². The number of ether oxygens (including phenoxy) is 1. The summed E-state index contributed by atoms with van der Waals surface area (Å²) in [6.45, 7) is 3.24. The van der Waals surface area contributed by atoms with Crippen molar-refractivity contribution in [3.63, 3.8) is 0 Å². The molecule has 4 nitrogen and oxygen atoms in total. The number of carbonyl (C=O) groups is 1.